The monoisotopic (exact) mass is 230 g/mol. The molecule has 0 radical (unpaired) electrons. The summed E-state index contributed by atoms with van der Waals surface area (Å²) >= 11 is 0. The number of carbonyl (C=O) groups excluding carboxylic acids is 1. The molecule has 4 nitrogen and oxygen atoms in total. The zero-order chi connectivity index (χ0) is 12.3. The van der Waals surface area contributed by atoms with Gasteiger partial charge in [0.1, 0.15) is 5.76 Å². The Kier molecular flexibility index (Phi) is 3.25. The van der Waals surface area contributed by atoms with Crippen LogP contribution >= 0.6 is 0 Å². The van der Waals surface area contributed by atoms with Gasteiger partial charge in [-0.1, -0.05) is 29.8 Å². The average Bonchev–Trinajstić information content (AvgIpc) is 2.80. The Labute approximate surface area is 99.4 Å². The van der Waals surface area contributed by atoms with E-state index in [9.17, 15) is 4.79 Å². The van der Waals surface area contributed by atoms with Crippen LogP contribution in [0.2, 0.25) is 0 Å². The van der Waals surface area contributed by atoms with Gasteiger partial charge < -0.3 is 4.42 Å². The predicted octanol–water partition coefficient (Wildman–Crippen LogP) is 1.78. The molecule has 1 aromatic carbocycles. The van der Waals surface area contributed by atoms with Gasteiger partial charge in [0, 0.05) is 6.42 Å². The van der Waals surface area contributed by atoms with Crippen molar-refractivity contribution in [2.45, 2.75) is 13.3 Å². The maximum atomic E-state index is 11.2. The Balaban J connectivity index is 2.11. The maximum absolute atomic E-state index is 11.2. The molecule has 3 N–H and O–H groups in total. The molecule has 0 saturated carbocycles. The van der Waals surface area contributed by atoms with E-state index >= 15 is 0 Å². The normalized spacial score (nSPS) is 10.2. The van der Waals surface area contributed by atoms with Crippen LogP contribution in [-0.4, -0.2) is 5.91 Å². The second-order valence-corrected chi connectivity index (χ2v) is 3.90. The molecule has 1 amide bonds. The fourth-order valence-corrected chi connectivity index (χ4v) is 1.57. The summed E-state index contributed by atoms with van der Waals surface area (Å²) in [5.74, 6) is 5.58. The number of nitrogen functional groups attached to an aromatic ring is 1. The van der Waals surface area contributed by atoms with Crippen molar-refractivity contribution in [1.82, 2.24) is 5.43 Å². The SMILES string of the molecule is Cc1ccc(Cc2ccc(C(=O)NN)o2)cc1. The Morgan fingerprint density at radius 1 is 1.24 bits per heavy atom. The summed E-state index contributed by atoms with van der Waals surface area (Å²) in [5.41, 5.74) is 4.40. The van der Waals surface area contributed by atoms with E-state index in [0.717, 1.165) is 11.3 Å². The van der Waals surface area contributed by atoms with Gasteiger partial charge in [-0.05, 0) is 24.6 Å². The van der Waals surface area contributed by atoms with Crippen molar-refractivity contribution in [2.75, 3.05) is 0 Å². The highest BCUT2D eigenvalue weighted by molar-refractivity contribution is 5.90. The van der Waals surface area contributed by atoms with E-state index < -0.39 is 5.91 Å². The Bertz CT molecular complexity index is 514. The number of benzene rings is 1. The van der Waals surface area contributed by atoms with Gasteiger partial charge in [-0.3, -0.25) is 10.2 Å². The minimum Gasteiger partial charge on any atom is -0.456 e. The molecule has 0 saturated heterocycles. The molecule has 0 aliphatic carbocycles. The number of nitrogens with two attached hydrogens (primary N) is 1. The highest BCUT2D eigenvalue weighted by Gasteiger charge is 2.09. The lowest BCUT2D eigenvalue weighted by atomic mass is 10.1. The standard InChI is InChI=1S/C13H14N2O2/c1-9-2-4-10(5-3-9)8-11-6-7-12(17-11)13(16)15-14/h2-7H,8,14H2,1H3,(H,15,16). The number of hydrogen-bond donors (Lipinski definition) is 2. The lowest BCUT2D eigenvalue weighted by Crippen LogP contribution is -2.29. The first-order valence-electron chi connectivity index (χ1n) is 5.34. The summed E-state index contributed by atoms with van der Waals surface area (Å²) in [7, 11) is 0. The van der Waals surface area contributed by atoms with Crippen LogP contribution in [-0.2, 0) is 6.42 Å². The van der Waals surface area contributed by atoms with E-state index in [1.807, 2.05) is 36.6 Å². The van der Waals surface area contributed by atoms with Crippen molar-refractivity contribution in [3.8, 4) is 0 Å². The molecule has 1 aromatic heterocycles. The summed E-state index contributed by atoms with van der Waals surface area (Å²) in [5, 5.41) is 0. The first-order valence-corrected chi connectivity index (χ1v) is 5.34. The van der Waals surface area contributed by atoms with Crippen LogP contribution in [0.15, 0.2) is 40.8 Å². The van der Waals surface area contributed by atoms with Crippen LogP contribution in [0.4, 0.5) is 0 Å². The fourth-order valence-electron chi connectivity index (χ4n) is 1.57. The number of rotatable bonds is 3. The van der Waals surface area contributed by atoms with Gasteiger partial charge in [0.05, 0.1) is 0 Å². The van der Waals surface area contributed by atoms with Crippen LogP contribution in [0, 0.1) is 6.92 Å². The molecule has 0 aliphatic rings. The van der Waals surface area contributed by atoms with E-state index in [-0.39, 0.29) is 5.76 Å². The smallest absolute Gasteiger partial charge is 0.300 e. The molecule has 2 aromatic rings. The van der Waals surface area contributed by atoms with Gasteiger partial charge in [-0.15, -0.1) is 0 Å². The molecule has 88 valence electrons. The van der Waals surface area contributed by atoms with Gasteiger partial charge in [0.25, 0.3) is 0 Å². The van der Waals surface area contributed by atoms with Gasteiger partial charge in [0.2, 0.25) is 0 Å². The molecule has 0 bridgehead atoms. The van der Waals surface area contributed by atoms with Gasteiger partial charge in [0.15, 0.2) is 5.76 Å². The van der Waals surface area contributed by atoms with Crippen LogP contribution in [0.5, 0.6) is 0 Å². The number of furan rings is 1. The zero-order valence-electron chi connectivity index (χ0n) is 9.57. The molecule has 0 unspecified atom stereocenters. The largest absolute Gasteiger partial charge is 0.456 e. The molecule has 0 atom stereocenters. The summed E-state index contributed by atoms with van der Waals surface area (Å²) in [6.45, 7) is 2.04. The number of nitrogens with one attached hydrogen (secondary N) is 1. The summed E-state index contributed by atoms with van der Waals surface area (Å²) in [6, 6.07) is 11.6. The second-order valence-electron chi connectivity index (χ2n) is 3.90. The summed E-state index contributed by atoms with van der Waals surface area (Å²) in [4.78, 5) is 11.2. The van der Waals surface area contributed by atoms with Gasteiger partial charge >= 0.3 is 5.91 Å². The lowest BCUT2D eigenvalue weighted by Gasteiger charge is -1.99. The predicted molar refractivity (Wildman–Crippen MR) is 64.3 cm³/mol. The number of amides is 1. The Morgan fingerprint density at radius 2 is 1.94 bits per heavy atom. The number of hydrazine groups is 1. The van der Waals surface area contributed by atoms with Crippen molar-refractivity contribution < 1.29 is 9.21 Å². The van der Waals surface area contributed by atoms with E-state index in [4.69, 9.17) is 10.3 Å². The van der Waals surface area contributed by atoms with Crippen LogP contribution in [0.3, 0.4) is 0 Å². The van der Waals surface area contributed by atoms with Gasteiger partial charge in [-0.2, -0.15) is 0 Å². The highest BCUT2D eigenvalue weighted by atomic mass is 16.4. The van der Waals surface area contributed by atoms with E-state index in [1.54, 1.807) is 12.1 Å². The van der Waals surface area contributed by atoms with Crippen molar-refractivity contribution in [3.63, 3.8) is 0 Å². The Hall–Kier alpha value is -2.07. The molecular formula is C13H14N2O2. The molecule has 0 fully saturated rings. The van der Waals surface area contributed by atoms with Crippen molar-refractivity contribution in [2.24, 2.45) is 5.84 Å². The van der Waals surface area contributed by atoms with Crippen LogP contribution in [0.1, 0.15) is 27.4 Å². The van der Waals surface area contributed by atoms with Crippen molar-refractivity contribution >= 4 is 5.91 Å². The van der Waals surface area contributed by atoms with Crippen molar-refractivity contribution in [1.29, 1.82) is 0 Å². The third kappa shape index (κ3) is 2.73. The molecule has 0 spiro atoms. The molecule has 2 rings (SSSR count). The van der Waals surface area contributed by atoms with E-state index in [1.165, 1.54) is 5.56 Å². The highest BCUT2D eigenvalue weighted by Crippen LogP contribution is 2.13. The second kappa shape index (κ2) is 4.84. The van der Waals surface area contributed by atoms with Crippen molar-refractivity contribution in [3.05, 3.63) is 59.0 Å². The molecule has 4 heteroatoms. The number of aryl methyl sites for hydroxylation is 1. The minimum atomic E-state index is -0.417. The lowest BCUT2D eigenvalue weighted by molar-refractivity contribution is 0.0924. The first kappa shape index (κ1) is 11.4. The third-order valence-electron chi connectivity index (χ3n) is 2.52. The quantitative estimate of drug-likeness (QED) is 0.480. The maximum Gasteiger partial charge on any atom is 0.300 e. The molecular weight excluding hydrogens is 216 g/mol. The van der Waals surface area contributed by atoms with Crippen LogP contribution < -0.4 is 11.3 Å². The summed E-state index contributed by atoms with van der Waals surface area (Å²) < 4.78 is 5.38. The molecule has 0 aliphatic heterocycles. The first-order chi connectivity index (χ1) is 8.19. The summed E-state index contributed by atoms with van der Waals surface area (Å²) in [6.07, 6.45) is 0.665. The topological polar surface area (TPSA) is 68.3 Å². The average molecular weight is 230 g/mol. The van der Waals surface area contributed by atoms with Gasteiger partial charge in [-0.25, -0.2) is 5.84 Å². The van der Waals surface area contributed by atoms with Crippen LogP contribution in [0.25, 0.3) is 0 Å². The van der Waals surface area contributed by atoms with E-state index in [0.29, 0.717) is 6.42 Å². The molecule has 17 heavy (non-hydrogen) atoms. The third-order valence-corrected chi connectivity index (χ3v) is 2.52. The molecule has 1 heterocycles. The zero-order valence-corrected chi connectivity index (χ0v) is 9.57. The number of hydrogen-bond acceptors (Lipinski definition) is 3. The fraction of sp³-hybridized carbons (Fsp3) is 0.154. The minimum absolute atomic E-state index is 0.231. The number of carbonyl (C=O) groups is 1. The van der Waals surface area contributed by atoms with E-state index in [2.05, 4.69) is 0 Å². The Morgan fingerprint density at radius 3 is 2.59 bits per heavy atom.